The molecule has 6 nitrogen and oxygen atoms in total. The minimum absolute atomic E-state index is 0.0126. The average Bonchev–Trinajstić information content (AvgIpc) is 2.87. The van der Waals surface area contributed by atoms with E-state index in [1.807, 2.05) is 30.3 Å². The van der Waals surface area contributed by atoms with E-state index in [4.69, 9.17) is 0 Å². The number of rotatable bonds is 6. The van der Waals surface area contributed by atoms with Crippen LogP contribution in [0.1, 0.15) is 18.4 Å². The number of sulfonamides is 1. The summed E-state index contributed by atoms with van der Waals surface area (Å²) in [6, 6.07) is 9.75. The van der Waals surface area contributed by atoms with E-state index in [1.54, 1.807) is 7.05 Å². The van der Waals surface area contributed by atoms with E-state index in [2.05, 4.69) is 9.82 Å². The second-order valence-electron chi connectivity index (χ2n) is 4.72. The van der Waals surface area contributed by atoms with Gasteiger partial charge in [0.25, 0.3) is 10.0 Å². The highest BCUT2D eigenvalue weighted by molar-refractivity contribution is 7.90. The van der Waals surface area contributed by atoms with Crippen molar-refractivity contribution in [2.45, 2.75) is 24.2 Å². The van der Waals surface area contributed by atoms with Gasteiger partial charge in [0.05, 0.1) is 6.20 Å². The van der Waals surface area contributed by atoms with Crippen molar-refractivity contribution in [2.24, 2.45) is 7.05 Å². The third-order valence-corrected chi connectivity index (χ3v) is 4.28. The summed E-state index contributed by atoms with van der Waals surface area (Å²) in [5, 5.41) is 3.78. The zero-order chi connectivity index (χ0) is 15.3. The van der Waals surface area contributed by atoms with Crippen LogP contribution in [0.5, 0.6) is 0 Å². The largest absolute Gasteiger partial charge is 0.274 e. The van der Waals surface area contributed by atoms with Gasteiger partial charge in [-0.1, -0.05) is 30.3 Å². The molecular formula is C14H17N3O3S. The number of nitrogens with zero attached hydrogens (tertiary/aromatic N) is 2. The van der Waals surface area contributed by atoms with E-state index < -0.39 is 15.9 Å². The Morgan fingerprint density at radius 2 is 2.00 bits per heavy atom. The Bertz CT molecular complexity index is 708. The number of nitrogens with one attached hydrogen (secondary N) is 1. The Balaban J connectivity index is 1.84. The predicted molar refractivity (Wildman–Crippen MR) is 77.9 cm³/mol. The molecule has 1 aromatic heterocycles. The van der Waals surface area contributed by atoms with Gasteiger partial charge in [-0.2, -0.15) is 5.10 Å². The lowest BCUT2D eigenvalue weighted by atomic mass is 10.1. The maximum atomic E-state index is 11.9. The quantitative estimate of drug-likeness (QED) is 0.871. The molecule has 0 fully saturated rings. The minimum Gasteiger partial charge on any atom is -0.274 e. The first-order valence-corrected chi connectivity index (χ1v) is 8.04. The molecule has 1 heterocycles. The molecule has 1 amide bonds. The van der Waals surface area contributed by atoms with Gasteiger partial charge in [-0.25, -0.2) is 13.1 Å². The maximum Gasteiger partial charge on any atom is 0.267 e. The fraction of sp³-hybridized carbons (Fsp3) is 0.286. The summed E-state index contributed by atoms with van der Waals surface area (Å²) in [6.07, 6.45) is 4.05. The van der Waals surface area contributed by atoms with Crippen molar-refractivity contribution in [3.63, 3.8) is 0 Å². The number of carbonyl (C=O) groups excluding carboxylic acids is 1. The van der Waals surface area contributed by atoms with Gasteiger partial charge < -0.3 is 0 Å². The molecule has 0 spiro atoms. The lowest BCUT2D eigenvalue weighted by Gasteiger charge is -2.05. The normalized spacial score (nSPS) is 11.3. The molecular weight excluding hydrogens is 290 g/mol. The van der Waals surface area contributed by atoms with Crippen LogP contribution in [0.25, 0.3) is 0 Å². The zero-order valence-corrected chi connectivity index (χ0v) is 12.5. The molecule has 0 aliphatic heterocycles. The maximum absolute atomic E-state index is 11.9. The van der Waals surface area contributed by atoms with Gasteiger partial charge in [0, 0.05) is 19.7 Å². The molecule has 0 aliphatic carbocycles. The highest BCUT2D eigenvalue weighted by atomic mass is 32.2. The van der Waals surface area contributed by atoms with Crippen LogP contribution in [0.3, 0.4) is 0 Å². The lowest BCUT2D eigenvalue weighted by Crippen LogP contribution is -2.30. The van der Waals surface area contributed by atoms with Gasteiger partial charge in [0.2, 0.25) is 5.91 Å². The van der Waals surface area contributed by atoms with Crippen LogP contribution >= 0.6 is 0 Å². The third kappa shape index (κ3) is 4.42. The van der Waals surface area contributed by atoms with Gasteiger partial charge in [0.1, 0.15) is 4.90 Å². The van der Waals surface area contributed by atoms with E-state index in [9.17, 15) is 13.2 Å². The number of benzene rings is 1. The number of aryl methyl sites for hydroxylation is 2. The molecule has 0 bridgehead atoms. The predicted octanol–water partition coefficient (Wildman–Crippen LogP) is 1.25. The summed E-state index contributed by atoms with van der Waals surface area (Å²) in [5.74, 6) is -0.505. The topological polar surface area (TPSA) is 81.1 Å². The van der Waals surface area contributed by atoms with Crippen molar-refractivity contribution < 1.29 is 13.2 Å². The number of hydrogen-bond donors (Lipinski definition) is 1. The monoisotopic (exact) mass is 307 g/mol. The Labute approximate surface area is 123 Å². The van der Waals surface area contributed by atoms with Crippen molar-refractivity contribution in [3.8, 4) is 0 Å². The Kier molecular flexibility index (Phi) is 4.74. The van der Waals surface area contributed by atoms with Crippen molar-refractivity contribution in [2.75, 3.05) is 0 Å². The fourth-order valence-corrected chi connectivity index (χ4v) is 2.89. The molecule has 0 radical (unpaired) electrons. The second-order valence-corrected chi connectivity index (χ2v) is 6.40. The first-order chi connectivity index (χ1) is 9.97. The summed E-state index contributed by atoms with van der Waals surface area (Å²) < 4.78 is 27.2. The number of amides is 1. The van der Waals surface area contributed by atoms with Crippen molar-refractivity contribution in [3.05, 3.63) is 48.3 Å². The van der Waals surface area contributed by atoms with Gasteiger partial charge in [-0.05, 0) is 18.4 Å². The SMILES string of the molecule is Cn1cc(S(=O)(=O)NC(=O)CCCc2ccccc2)cn1. The molecule has 2 aromatic rings. The fourth-order valence-electron chi connectivity index (χ4n) is 1.90. The van der Waals surface area contributed by atoms with Crippen molar-refractivity contribution in [1.82, 2.24) is 14.5 Å². The molecule has 2 rings (SSSR count). The lowest BCUT2D eigenvalue weighted by molar-refractivity contribution is -0.119. The van der Waals surface area contributed by atoms with Crippen LogP contribution in [0.15, 0.2) is 47.6 Å². The number of hydrogen-bond acceptors (Lipinski definition) is 4. The van der Waals surface area contributed by atoms with Crippen LogP contribution in [-0.2, 0) is 28.3 Å². The Hall–Kier alpha value is -2.15. The van der Waals surface area contributed by atoms with E-state index in [0.29, 0.717) is 6.42 Å². The molecule has 0 saturated carbocycles. The minimum atomic E-state index is -3.82. The molecule has 0 aliphatic rings. The number of aromatic nitrogens is 2. The van der Waals surface area contributed by atoms with E-state index in [-0.39, 0.29) is 11.3 Å². The summed E-state index contributed by atoms with van der Waals surface area (Å²) in [7, 11) is -2.20. The van der Waals surface area contributed by atoms with Gasteiger partial charge in [0.15, 0.2) is 0 Å². The van der Waals surface area contributed by atoms with Gasteiger partial charge in [-0.3, -0.25) is 9.48 Å². The molecule has 21 heavy (non-hydrogen) atoms. The molecule has 112 valence electrons. The third-order valence-electron chi connectivity index (χ3n) is 2.95. The second kappa shape index (κ2) is 6.53. The average molecular weight is 307 g/mol. The first-order valence-electron chi connectivity index (χ1n) is 6.55. The van der Waals surface area contributed by atoms with Crippen molar-refractivity contribution >= 4 is 15.9 Å². The molecule has 0 atom stereocenters. The van der Waals surface area contributed by atoms with Crippen LogP contribution in [0.2, 0.25) is 0 Å². The summed E-state index contributed by atoms with van der Waals surface area (Å²) >= 11 is 0. The van der Waals surface area contributed by atoms with Crippen molar-refractivity contribution in [1.29, 1.82) is 0 Å². The van der Waals surface area contributed by atoms with Gasteiger partial charge in [-0.15, -0.1) is 0 Å². The first kappa shape index (κ1) is 15.2. The summed E-state index contributed by atoms with van der Waals surface area (Å²) in [5.41, 5.74) is 1.13. The summed E-state index contributed by atoms with van der Waals surface area (Å²) in [6.45, 7) is 0. The van der Waals surface area contributed by atoms with Crippen LogP contribution < -0.4 is 4.72 Å². The van der Waals surface area contributed by atoms with E-state index in [1.165, 1.54) is 17.1 Å². The Morgan fingerprint density at radius 1 is 1.29 bits per heavy atom. The highest BCUT2D eigenvalue weighted by Crippen LogP contribution is 2.08. The van der Waals surface area contributed by atoms with Crippen LogP contribution in [0.4, 0.5) is 0 Å². The molecule has 0 saturated heterocycles. The molecule has 1 N–H and O–H groups in total. The summed E-state index contributed by atoms with van der Waals surface area (Å²) in [4.78, 5) is 11.7. The molecule has 7 heteroatoms. The van der Waals surface area contributed by atoms with Crippen LogP contribution in [-0.4, -0.2) is 24.1 Å². The number of carbonyl (C=O) groups is 1. The standard InChI is InChI=1S/C14H17N3O3S/c1-17-11-13(10-15-17)21(19,20)16-14(18)9-5-8-12-6-3-2-4-7-12/h2-4,6-7,10-11H,5,8-9H2,1H3,(H,16,18). The molecule has 1 aromatic carbocycles. The highest BCUT2D eigenvalue weighted by Gasteiger charge is 2.18. The van der Waals surface area contributed by atoms with E-state index in [0.717, 1.165) is 12.0 Å². The van der Waals surface area contributed by atoms with Gasteiger partial charge >= 0.3 is 0 Å². The molecule has 0 unspecified atom stereocenters. The van der Waals surface area contributed by atoms with E-state index >= 15 is 0 Å². The van der Waals surface area contributed by atoms with Crippen LogP contribution in [0, 0.1) is 0 Å². The smallest absolute Gasteiger partial charge is 0.267 e. The zero-order valence-electron chi connectivity index (χ0n) is 11.7. The Morgan fingerprint density at radius 3 is 2.62 bits per heavy atom.